The summed E-state index contributed by atoms with van der Waals surface area (Å²) in [5.41, 5.74) is 10.3. The Morgan fingerprint density at radius 1 is 1.17 bits per heavy atom. The summed E-state index contributed by atoms with van der Waals surface area (Å²) in [6, 6.07) is 6.17. The van der Waals surface area contributed by atoms with Crippen molar-refractivity contribution in [2.75, 3.05) is 17.2 Å². The highest BCUT2D eigenvalue weighted by Crippen LogP contribution is 2.25. The van der Waals surface area contributed by atoms with Crippen molar-refractivity contribution in [1.29, 1.82) is 0 Å². The van der Waals surface area contributed by atoms with E-state index in [9.17, 15) is 0 Å². The maximum absolute atomic E-state index is 5.85. The van der Waals surface area contributed by atoms with Gasteiger partial charge in [-0.3, -0.25) is 4.98 Å². The summed E-state index contributed by atoms with van der Waals surface area (Å²) in [6.07, 6.45) is 4.51. The summed E-state index contributed by atoms with van der Waals surface area (Å²) >= 11 is 0. The Balaban J connectivity index is 1.93. The van der Waals surface area contributed by atoms with Crippen molar-refractivity contribution >= 4 is 11.5 Å². The van der Waals surface area contributed by atoms with Crippen LogP contribution in [0, 0.1) is 6.92 Å². The number of nitrogen functional groups attached to an aromatic ring is 1. The molecule has 2 heterocycles. The maximum atomic E-state index is 5.85. The van der Waals surface area contributed by atoms with E-state index < -0.39 is 0 Å². The molecular formula is C14H16N4. The van der Waals surface area contributed by atoms with Crippen molar-refractivity contribution in [2.45, 2.75) is 19.9 Å². The van der Waals surface area contributed by atoms with Crippen molar-refractivity contribution < 1.29 is 0 Å². The lowest BCUT2D eigenvalue weighted by Gasteiger charge is -2.30. The van der Waals surface area contributed by atoms with Crippen molar-refractivity contribution in [3.63, 3.8) is 0 Å². The van der Waals surface area contributed by atoms with E-state index in [1.54, 1.807) is 12.4 Å². The van der Waals surface area contributed by atoms with Crippen LogP contribution >= 0.6 is 0 Å². The van der Waals surface area contributed by atoms with E-state index in [1.807, 2.05) is 13.0 Å². The zero-order valence-corrected chi connectivity index (χ0v) is 10.4. The summed E-state index contributed by atoms with van der Waals surface area (Å²) < 4.78 is 0. The van der Waals surface area contributed by atoms with Gasteiger partial charge in [0.05, 0.1) is 5.69 Å². The Kier molecular flexibility index (Phi) is 2.63. The van der Waals surface area contributed by atoms with E-state index in [1.165, 1.54) is 11.1 Å². The molecule has 0 bridgehead atoms. The van der Waals surface area contributed by atoms with Gasteiger partial charge in [0.1, 0.15) is 5.82 Å². The second-order valence-electron chi connectivity index (χ2n) is 4.67. The maximum Gasteiger partial charge on any atom is 0.150 e. The van der Waals surface area contributed by atoms with Gasteiger partial charge in [0.25, 0.3) is 0 Å². The molecule has 0 spiro atoms. The average molecular weight is 240 g/mol. The van der Waals surface area contributed by atoms with Crippen LogP contribution in [0.1, 0.15) is 16.8 Å². The quantitative estimate of drug-likeness (QED) is 0.774. The van der Waals surface area contributed by atoms with Crippen LogP contribution in [0.15, 0.2) is 30.6 Å². The van der Waals surface area contributed by atoms with Crippen LogP contribution in [0.4, 0.5) is 11.5 Å². The third kappa shape index (κ3) is 1.90. The monoisotopic (exact) mass is 240 g/mol. The molecule has 1 aliphatic heterocycles. The second kappa shape index (κ2) is 4.29. The second-order valence-corrected chi connectivity index (χ2v) is 4.67. The van der Waals surface area contributed by atoms with Gasteiger partial charge in [-0.05, 0) is 36.6 Å². The van der Waals surface area contributed by atoms with E-state index in [0.29, 0.717) is 0 Å². The van der Waals surface area contributed by atoms with E-state index in [-0.39, 0.29) is 0 Å². The SMILES string of the molecule is Cc1nccnc1N1CCc2ccc(N)cc2C1. The highest BCUT2D eigenvalue weighted by Gasteiger charge is 2.18. The number of hydrogen-bond donors (Lipinski definition) is 1. The number of aromatic nitrogens is 2. The molecule has 1 aliphatic rings. The molecule has 18 heavy (non-hydrogen) atoms. The Morgan fingerprint density at radius 2 is 2.00 bits per heavy atom. The van der Waals surface area contributed by atoms with Gasteiger partial charge < -0.3 is 10.6 Å². The minimum atomic E-state index is 0.825. The third-order valence-electron chi connectivity index (χ3n) is 3.40. The number of nitrogens with zero attached hydrogens (tertiary/aromatic N) is 3. The van der Waals surface area contributed by atoms with Gasteiger partial charge >= 0.3 is 0 Å². The smallest absolute Gasteiger partial charge is 0.150 e. The zero-order valence-electron chi connectivity index (χ0n) is 10.4. The first-order chi connectivity index (χ1) is 8.74. The van der Waals surface area contributed by atoms with Crippen LogP contribution in [0.2, 0.25) is 0 Å². The first-order valence-electron chi connectivity index (χ1n) is 6.14. The van der Waals surface area contributed by atoms with Gasteiger partial charge in [0, 0.05) is 31.2 Å². The Bertz CT molecular complexity index is 580. The lowest BCUT2D eigenvalue weighted by molar-refractivity contribution is 0.715. The molecule has 3 rings (SSSR count). The highest BCUT2D eigenvalue weighted by atomic mass is 15.2. The van der Waals surface area contributed by atoms with Crippen LogP contribution in [0.5, 0.6) is 0 Å². The number of benzene rings is 1. The lowest BCUT2D eigenvalue weighted by atomic mass is 9.99. The van der Waals surface area contributed by atoms with Crippen molar-refractivity contribution in [1.82, 2.24) is 9.97 Å². The van der Waals surface area contributed by atoms with Gasteiger partial charge in [-0.25, -0.2) is 4.98 Å². The predicted octanol–water partition coefficient (Wildman–Crippen LogP) is 1.93. The molecule has 0 aliphatic carbocycles. The fourth-order valence-electron chi connectivity index (χ4n) is 2.47. The molecular weight excluding hydrogens is 224 g/mol. The number of fused-ring (bicyclic) bond motifs is 1. The first-order valence-corrected chi connectivity index (χ1v) is 6.14. The minimum Gasteiger partial charge on any atom is -0.399 e. The molecule has 92 valence electrons. The van der Waals surface area contributed by atoms with Gasteiger partial charge in [-0.1, -0.05) is 6.07 Å². The standard InChI is InChI=1S/C14H16N4/c1-10-14(17-6-5-16-10)18-7-4-11-2-3-13(15)8-12(11)9-18/h2-3,5-6,8H,4,7,9,15H2,1H3. The fourth-order valence-corrected chi connectivity index (χ4v) is 2.47. The zero-order chi connectivity index (χ0) is 12.5. The normalized spacial score (nSPS) is 14.4. The van der Waals surface area contributed by atoms with Crippen LogP contribution in [-0.2, 0) is 13.0 Å². The number of anilines is 2. The molecule has 1 aromatic carbocycles. The summed E-state index contributed by atoms with van der Waals surface area (Å²) in [7, 11) is 0. The number of aryl methyl sites for hydroxylation is 1. The van der Waals surface area contributed by atoms with Crippen LogP contribution in [0.25, 0.3) is 0 Å². The molecule has 0 amide bonds. The fraction of sp³-hybridized carbons (Fsp3) is 0.286. The molecule has 4 nitrogen and oxygen atoms in total. The first kappa shape index (κ1) is 11.0. The van der Waals surface area contributed by atoms with E-state index in [4.69, 9.17) is 5.73 Å². The topological polar surface area (TPSA) is 55.0 Å². The van der Waals surface area contributed by atoms with Crippen LogP contribution < -0.4 is 10.6 Å². The van der Waals surface area contributed by atoms with Crippen LogP contribution in [-0.4, -0.2) is 16.5 Å². The highest BCUT2D eigenvalue weighted by molar-refractivity contribution is 5.51. The summed E-state index contributed by atoms with van der Waals surface area (Å²) in [6.45, 7) is 3.84. The predicted molar refractivity (Wildman–Crippen MR) is 72.4 cm³/mol. The molecule has 0 unspecified atom stereocenters. The molecule has 0 radical (unpaired) electrons. The molecule has 4 heteroatoms. The average Bonchev–Trinajstić information content (AvgIpc) is 2.38. The van der Waals surface area contributed by atoms with Crippen molar-refractivity contribution in [3.05, 3.63) is 47.4 Å². The molecule has 2 N–H and O–H groups in total. The summed E-state index contributed by atoms with van der Waals surface area (Å²) in [4.78, 5) is 11.0. The van der Waals surface area contributed by atoms with Crippen molar-refractivity contribution in [3.8, 4) is 0 Å². The van der Waals surface area contributed by atoms with Gasteiger partial charge in [0.2, 0.25) is 0 Å². The summed E-state index contributed by atoms with van der Waals surface area (Å²) in [5.74, 6) is 0.977. The Labute approximate surface area is 106 Å². The van der Waals surface area contributed by atoms with Crippen LogP contribution in [0.3, 0.4) is 0 Å². The number of rotatable bonds is 1. The molecule has 0 saturated carbocycles. The van der Waals surface area contributed by atoms with Gasteiger partial charge in [-0.15, -0.1) is 0 Å². The molecule has 2 aromatic rings. The number of nitrogens with two attached hydrogens (primary N) is 1. The van der Waals surface area contributed by atoms with Gasteiger partial charge in [0.15, 0.2) is 0 Å². The van der Waals surface area contributed by atoms with Gasteiger partial charge in [-0.2, -0.15) is 0 Å². The lowest BCUT2D eigenvalue weighted by Crippen LogP contribution is -2.31. The van der Waals surface area contributed by atoms with E-state index in [0.717, 1.165) is 36.7 Å². The molecule has 0 saturated heterocycles. The Hall–Kier alpha value is -2.10. The largest absolute Gasteiger partial charge is 0.399 e. The minimum absolute atomic E-state index is 0.825. The molecule has 0 atom stereocenters. The molecule has 0 fully saturated rings. The third-order valence-corrected chi connectivity index (χ3v) is 3.40. The summed E-state index contributed by atoms with van der Waals surface area (Å²) in [5, 5.41) is 0. The number of hydrogen-bond acceptors (Lipinski definition) is 4. The van der Waals surface area contributed by atoms with E-state index in [2.05, 4.69) is 27.0 Å². The molecule has 1 aromatic heterocycles. The van der Waals surface area contributed by atoms with Crippen molar-refractivity contribution in [2.24, 2.45) is 0 Å². The van der Waals surface area contributed by atoms with E-state index >= 15 is 0 Å². The Morgan fingerprint density at radius 3 is 2.83 bits per heavy atom.